The summed E-state index contributed by atoms with van der Waals surface area (Å²) >= 11 is 0. The number of benzene rings is 1. The van der Waals surface area contributed by atoms with Crippen LogP contribution in [0, 0.1) is 17.7 Å². The van der Waals surface area contributed by atoms with Gasteiger partial charge >= 0.3 is 6.18 Å². The molecule has 0 bridgehead atoms. The van der Waals surface area contributed by atoms with Crippen LogP contribution in [-0.4, -0.2) is 5.78 Å². The minimum atomic E-state index is -4.52. The van der Waals surface area contributed by atoms with E-state index in [-0.39, 0.29) is 18.1 Å². The molecule has 1 saturated carbocycles. The molecule has 2 unspecified atom stereocenters. The Labute approximate surface area is 114 Å². The molecule has 2 N–H and O–H groups in total. The first kappa shape index (κ1) is 17.7. The molecule has 0 radical (unpaired) electrons. The molecule has 7 heteroatoms. The molecule has 1 aromatic carbocycles. The van der Waals surface area contributed by atoms with Gasteiger partial charge in [-0.05, 0) is 18.2 Å². The smallest absolute Gasteiger partial charge is 0.416 e. The van der Waals surface area contributed by atoms with Gasteiger partial charge in [-0.3, -0.25) is 4.79 Å². The zero-order valence-corrected chi connectivity index (χ0v) is 11.0. The van der Waals surface area contributed by atoms with E-state index in [1.54, 1.807) is 0 Å². The highest BCUT2D eigenvalue weighted by molar-refractivity contribution is 5.98. The van der Waals surface area contributed by atoms with Crippen molar-refractivity contribution in [2.75, 3.05) is 5.73 Å². The monoisotopic (exact) mass is 298 g/mol. The van der Waals surface area contributed by atoms with Crippen molar-refractivity contribution >= 4 is 11.5 Å². The number of carbonyl (C=O) groups excluding carboxylic acids is 1. The molecule has 0 amide bonds. The summed E-state index contributed by atoms with van der Waals surface area (Å²) in [6.45, 7) is 3.93. The normalized spacial score (nSPS) is 21.1. The lowest BCUT2D eigenvalue weighted by atomic mass is 10.2. The molecule has 0 aromatic heterocycles. The van der Waals surface area contributed by atoms with Crippen molar-refractivity contribution in [3.05, 3.63) is 29.6 Å². The Morgan fingerprint density at radius 2 is 1.58 bits per heavy atom. The number of ketones is 1. The highest BCUT2D eigenvalue weighted by atomic mass is 35.5. The molecular formula is C12H13ClF4NO-. The number of hydrogen-bond acceptors (Lipinski definition) is 2. The van der Waals surface area contributed by atoms with Crippen LogP contribution in [0.4, 0.5) is 23.2 Å². The van der Waals surface area contributed by atoms with Crippen molar-refractivity contribution in [2.45, 2.75) is 20.0 Å². The minimum absolute atomic E-state index is 0. The van der Waals surface area contributed by atoms with E-state index in [0.717, 1.165) is 12.1 Å². The average molecular weight is 299 g/mol. The van der Waals surface area contributed by atoms with E-state index in [0.29, 0.717) is 23.7 Å². The summed E-state index contributed by atoms with van der Waals surface area (Å²) in [5.74, 6) is 0.134. The maximum Gasteiger partial charge on any atom is 0.416 e. The van der Waals surface area contributed by atoms with Gasteiger partial charge in [-0.25, -0.2) is 4.39 Å². The Morgan fingerprint density at radius 1 is 1.16 bits per heavy atom. The first-order valence-electron chi connectivity index (χ1n) is 5.30. The number of rotatable bonds is 0. The molecule has 0 saturated heterocycles. The van der Waals surface area contributed by atoms with Gasteiger partial charge < -0.3 is 18.1 Å². The molecule has 0 spiro atoms. The summed E-state index contributed by atoms with van der Waals surface area (Å²) < 4.78 is 48.2. The van der Waals surface area contributed by atoms with Gasteiger partial charge in [0.2, 0.25) is 0 Å². The fraction of sp³-hybridized carbons (Fsp3) is 0.417. The summed E-state index contributed by atoms with van der Waals surface area (Å²) in [5.41, 5.74) is 3.67. The van der Waals surface area contributed by atoms with Crippen LogP contribution in [0.25, 0.3) is 0 Å². The SMILES string of the molecule is CC1C(=O)C1C.Nc1ccc(C(F)(F)F)cc1F.[Cl-]. The van der Waals surface area contributed by atoms with Crippen molar-refractivity contribution in [1.82, 2.24) is 0 Å². The van der Waals surface area contributed by atoms with Crippen LogP contribution in [0.3, 0.4) is 0 Å². The highest BCUT2D eigenvalue weighted by Gasteiger charge is 2.40. The maximum absolute atomic E-state index is 12.5. The van der Waals surface area contributed by atoms with E-state index in [9.17, 15) is 22.4 Å². The standard InChI is InChI=1S/C7H5F4N.C5H8O.ClH/c8-5-3-4(7(9,10)11)1-2-6(5)12;1-3-4(2)5(3)6;/h1-3H,12H2;3-4H,1-2H3;1H/p-1. The van der Waals surface area contributed by atoms with E-state index in [2.05, 4.69) is 0 Å². The Bertz CT molecular complexity index is 452. The zero-order valence-electron chi connectivity index (χ0n) is 10.3. The van der Waals surface area contributed by atoms with Gasteiger partial charge in [-0.1, -0.05) is 13.8 Å². The Balaban J connectivity index is 0.000000392. The number of hydrogen-bond donors (Lipinski definition) is 1. The summed E-state index contributed by atoms with van der Waals surface area (Å²) in [7, 11) is 0. The minimum Gasteiger partial charge on any atom is -1.00 e. The Kier molecular flexibility index (Phi) is 5.81. The number of nitrogen functional groups attached to an aromatic ring is 1. The molecule has 0 heterocycles. The average Bonchev–Trinajstić information content (AvgIpc) is 2.78. The van der Waals surface area contributed by atoms with Crippen molar-refractivity contribution < 1.29 is 34.8 Å². The van der Waals surface area contributed by atoms with Crippen LogP contribution < -0.4 is 18.1 Å². The maximum atomic E-state index is 12.5. The van der Waals surface area contributed by atoms with Crippen molar-refractivity contribution in [2.24, 2.45) is 11.8 Å². The van der Waals surface area contributed by atoms with E-state index in [1.165, 1.54) is 0 Å². The van der Waals surface area contributed by atoms with Gasteiger partial charge in [0, 0.05) is 11.8 Å². The van der Waals surface area contributed by atoms with E-state index in [4.69, 9.17) is 5.73 Å². The van der Waals surface area contributed by atoms with Gasteiger partial charge in [0.05, 0.1) is 11.3 Å². The van der Waals surface area contributed by atoms with Crippen molar-refractivity contribution in [3.8, 4) is 0 Å². The Morgan fingerprint density at radius 3 is 1.84 bits per heavy atom. The highest BCUT2D eigenvalue weighted by Crippen LogP contribution is 2.31. The van der Waals surface area contributed by atoms with Crippen LogP contribution >= 0.6 is 0 Å². The second-order valence-corrected chi connectivity index (χ2v) is 4.21. The van der Waals surface area contributed by atoms with E-state index in [1.807, 2.05) is 13.8 Å². The molecule has 1 aromatic rings. The summed E-state index contributed by atoms with van der Waals surface area (Å²) in [6.07, 6.45) is -4.52. The van der Waals surface area contributed by atoms with Crippen LogP contribution in [-0.2, 0) is 11.0 Å². The van der Waals surface area contributed by atoms with Gasteiger partial charge in [-0.2, -0.15) is 13.2 Å². The molecule has 108 valence electrons. The molecule has 1 aliphatic carbocycles. The number of halogens is 5. The third kappa shape index (κ3) is 4.70. The molecule has 2 atom stereocenters. The van der Waals surface area contributed by atoms with E-state index >= 15 is 0 Å². The fourth-order valence-electron chi connectivity index (χ4n) is 1.23. The number of anilines is 1. The predicted molar refractivity (Wildman–Crippen MR) is 59.1 cm³/mol. The molecule has 2 rings (SSSR count). The third-order valence-corrected chi connectivity index (χ3v) is 2.87. The van der Waals surface area contributed by atoms with Crippen LogP contribution in [0.15, 0.2) is 18.2 Å². The van der Waals surface area contributed by atoms with Gasteiger partial charge in [0.25, 0.3) is 0 Å². The first-order valence-corrected chi connectivity index (χ1v) is 5.30. The van der Waals surface area contributed by atoms with Gasteiger partial charge in [-0.15, -0.1) is 0 Å². The number of nitrogens with two attached hydrogens (primary N) is 1. The lowest BCUT2D eigenvalue weighted by Crippen LogP contribution is -3.00. The Hall–Kier alpha value is -1.30. The second-order valence-electron chi connectivity index (χ2n) is 4.21. The lowest BCUT2D eigenvalue weighted by Gasteiger charge is -2.06. The van der Waals surface area contributed by atoms with E-state index < -0.39 is 17.6 Å². The van der Waals surface area contributed by atoms with Crippen LogP contribution in [0.1, 0.15) is 19.4 Å². The lowest BCUT2D eigenvalue weighted by molar-refractivity contribution is -0.137. The molecular weight excluding hydrogens is 286 g/mol. The largest absolute Gasteiger partial charge is 1.00 e. The quantitative estimate of drug-likeness (QED) is 0.552. The zero-order chi connectivity index (χ0) is 14.1. The molecule has 1 aliphatic rings. The number of carbonyl (C=O) groups is 1. The topological polar surface area (TPSA) is 43.1 Å². The van der Waals surface area contributed by atoms with Crippen LogP contribution in [0.5, 0.6) is 0 Å². The van der Waals surface area contributed by atoms with Crippen LogP contribution in [0.2, 0.25) is 0 Å². The molecule has 2 nitrogen and oxygen atoms in total. The third-order valence-electron chi connectivity index (χ3n) is 2.87. The van der Waals surface area contributed by atoms with Gasteiger partial charge in [0.1, 0.15) is 11.6 Å². The number of alkyl halides is 3. The van der Waals surface area contributed by atoms with Crippen molar-refractivity contribution in [3.63, 3.8) is 0 Å². The summed E-state index contributed by atoms with van der Waals surface area (Å²) in [4.78, 5) is 10.2. The first-order chi connectivity index (χ1) is 8.14. The second kappa shape index (κ2) is 6.23. The summed E-state index contributed by atoms with van der Waals surface area (Å²) in [5, 5.41) is 0. The molecule has 19 heavy (non-hydrogen) atoms. The predicted octanol–water partition coefficient (Wildman–Crippen LogP) is 0.272. The van der Waals surface area contributed by atoms with Gasteiger partial charge in [0.15, 0.2) is 0 Å². The number of Topliss-reactive ketones (excluding diaryl/α,β-unsaturated/α-hetero) is 1. The molecule has 0 aliphatic heterocycles. The summed E-state index contributed by atoms with van der Waals surface area (Å²) in [6, 6.07) is 1.99. The molecule has 1 fully saturated rings. The van der Waals surface area contributed by atoms with Crippen molar-refractivity contribution in [1.29, 1.82) is 0 Å². The fourth-order valence-corrected chi connectivity index (χ4v) is 1.23.